The van der Waals surface area contributed by atoms with Crippen molar-refractivity contribution in [2.24, 2.45) is 17.4 Å². The summed E-state index contributed by atoms with van der Waals surface area (Å²) in [5.41, 5.74) is 10.8. The molecule has 0 unspecified atom stereocenters. The summed E-state index contributed by atoms with van der Waals surface area (Å²) in [7, 11) is 0. The highest BCUT2D eigenvalue weighted by atomic mass is 32.2. The van der Waals surface area contributed by atoms with Crippen LogP contribution >= 0.6 is 11.8 Å². The van der Waals surface area contributed by atoms with Crippen LogP contribution in [0.3, 0.4) is 0 Å². The Morgan fingerprint density at radius 3 is 1.80 bits per heavy atom. The molecule has 236 valence electrons. The zero-order chi connectivity index (χ0) is 31.5. The zero-order valence-electron chi connectivity index (χ0n) is 24.2. The number of aliphatic hydroxyl groups excluding tert-OH is 1. The lowest BCUT2D eigenvalue weighted by atomic mass is 10.0. The number of carboxylic acids is 1. The summed E-state index contributed by atoms with van der Waals surface area (Å²) in [5.74, 6) is -4.28. The van der Waals surface area contributed by atoms with E-state index in [2.05, 4.69) is 26.6 Å². The topological polar surface area (TPSA) is 255 Å². The van der Waals surface area contributed by atoms with Gasteiger partial charge in [0.25, 0.3) is 0 Å². The number of aliphatic hydroxyl groups is 1. The minimum Gasteiger partial charge on any atom is -0.480 e. The Labute approximate surface area is 245 Å². The number of nitrogens with one attached hydrogen (secondary N) is 5. The van der Waals surface area contributed by atoms with Crippen molar-refractivity contribution in [3.63, 3.8) is 0 Å². The molecule has 0 rings (SSSR count). The molecule has 5 amide bonds. The van der Waals surface area contributed by atoms with Crippen molar-refractivity contribution in [3.8, 4) is 0 Å². The summed E-state index contributed by atoms with van der Waals surface area (Å²) in [5, 5.41) is 31.4. The van der Waals surface area contributed by atoms with E-state index in [4.69, 9.17) is 11.5 Å². The highest BCUT2D eigenvalue weighted by Crippen LogP contribution is 2.07. The molecule has 0 heterocycles. The maximum absolute atomic E-state index is 13.0. The fraction of sp³-hybridized carbons (Fsp3) is 0.760. The predicted molar refractivity (Wildman–Crippen MR) is 154 cm³/mol. The molecule has 0 aromatic heterocycles. The van der Waals surface area contributed by atoms with Gasteiger partial charge in [-0.25, -0.2) is 4.79 Å². The van der Waals surface area contributed by atoms with E-state index in [0.29, 0.717) is 25.1 Å². The lowest BCUT2D eigenvalue weighted by Gasteiger charge is -2.26. The van der Waals surface area contributed by atoms with Gasteiger partial charge in [-0.1, -0.05) is 13.8 Å². The van der Waals surface area contributed by atoms with Crippen LogP contribution in [0.4, 0.5) is 0 Å². The molecule has 0 aromatic carbocycles. The minimum absolute atomic E-state index is 0.0146. The molecule has 0 aliphatic heterocycles. The van der Waals surface area contributed by atoms with Crippen LogP contribution in [0.2, 0.25) is 0 Å². The molecule has 0 aliphatic rings. The molecule has 11 N–H and O–H groups in total. The van der Waals surface area contributed by atoms with Crippen molar-refractivity contribution in [1.82, 2.24) is 26.6 Å². The highest BCUT2D eigenvalue weighted by Gasteiger charge is 2.31. The van der Waals surface area contributed by atoms with E-state index in [1.807, 2.05) is 13.8 Å². The Kier molecular flexibility index (Phi) is 19.4. The fourth-order valence-electron chi connectivity index (χ4n) is 3.63. The van der Waals surface area contributed by atoms with Crippen molar-refractivity contribution < 1.29 is 39.0 Å². The number of hydrogen-bond donors (Lipinski definition) is 9. The molecule has 16 heteroatoms. The molecule has 0 bridgehead atoms. The number of nitrogens with two attached hydrogens (primary N) is 2. The first-order valence-electron chi connectivity index (χ1n) is 13.5. The van der Waals surface area contributed by atoms with Gasteiger partial charge in [0.15, 0.2) is 0 Å². The van der Waals surface area contributed by atoms with Crippen LogP contribution in [-0.4, -0.2) is 108 Å². The summed E-state index contributed by atoms with van der Waals surface area (Å²) in [4.78, 5) is 74.6. The first-order valence-corrected chi connectivity index (χ1v) is 14.9. The minimum atomic E-state index is -1.43. The molecule has 15 nitrogen and oxygen atoms in total. The Hall–Kier alpha value is -2.95. The van der Waals surface area contributed by atoms with Crippen LogP contribution in [0.5, 0.6) is 0 Å². The van der Waals surface area contributed by atoms with Gasteiger partial charge in [0, 0.05) is 0 Å². The third-order valence-electron chi connectivity index (χ3n) is 5.92. The zero-order valence-corrected chi connectivity index (χ0v) is 25.1. The van der Waals surface area contributed by atoms with E-state index in [-0.39, 0.29) is 31.7 Å². The van der Waals surface area contributed by atoms with E-state index in [1.165, 1.54) is 18.7 Å². The van der Waals surface area contributed by atoms with Crippen LogP contribution < -0.4 is 38.1 Å². The SMILES string of the molecule is CSCC[C@H](NC(=O)[C@H](CO)NC(=O)[C@H](CC(C)C)NC(=O)CN)C(=O)N[C@@H](C)C(=O)N[C@@H](CCCCN)C(=O)O. The third-order valence-corrected chi connectivity index (χ3v) is 6.56. The third kappa shape index (κ3) is 15.6. The second-order valence-electron chi connectivity index (χ2n) is 9.95. The fourth-order valence-corrected chi connectivity index (χ4v) is 4.10. The molecule has 0 radical (unpaired) electrons. The maximum Gasteiger partial charge on any atom is 0.326 e. The van der Waals surface area contributed by atoms with Crippen LogP contribution in [-0.2, 0) is 28.8 Å². The molecular weight excluding hydrogens is 558 g/mol. The van der Waals surface area contributed by atoms with Crippen LogP contribution in [0.15, 0.2) is 0 Å². The van der Waals surface area contributed by atoms with Crippen LogP contribution in [0, 0.1) is 5.92 Å². The number of carbonyl (C=O) groups excluding carboxylic acids is 5. The monoisotopic (exact) mass is 605 g/mol. The van der Waals surface area contributed by atoms with Gasteiger partial charge in [0.1, 0.15) is 30.2 Å². The van der Waals surface area contributed by atoms with Gasteiger partial charge in [0.2, 0.25) is 29.5 Å². The van der Waals surface area contributed by atoms with E-state index < -0.39 is 72.3 Å². The van der Waals surface area contributed by atoms with Gasteiger partial charge < -0.3 is 48.3 Å². The van der Waals surface area contributed by atoms with E-state index in [0.717, 1.165) is 0 Å². The normalized spacial score (nSPS) is 14.6. The average molecular weight is 606 g/mol. The first-order chi connectivity index (χ1) is 19.3. The maximum atomic E-state index is 13.0. The summed E-state index contributed by atoms with van der Waals surface area (Å²) in [6, 6.07) is -5.82. The number of amides is 5. The van der Waals surface area contributed by atoms with Crippen molar-refractivity contribution in [2.75, 3.05) is 31.7 Å². The molecule has 0 aliphatic carbocycles. The summed E-state index contributed by atoms with van der Waals surface area (Å²) in [6.07, 6.45) is 3.49. The number of unbranched alkanes of at least 4 members (excludes halogenated alkanes) is 1. The van der Waals surface area contributed by atoms with Gasteiger partial charge in [-0.3, -0.25) is 24.0 Å². The molecule has 5 atom stereocenters. The van der Waals surface area contributed by atoms with Crippen molar-refractivity contribution >= 4 is 47.3 Å². The largest absolute Gasteiger partial charge is 0.480 e. The van der Waals surface area contributed by atoms with Crippen molar-refractivity contribution in [2.45, 2.75) is 83.1 Å². The molecule has 0 aromatic rings. The number of thioether (sulfide) groups is 1. The van der Waals surface area contributed by atoms with Crippen molar-refractivity contribution in [1.29, 1.82) is 0 Å². The summed E-state index contributed by atoms with van der Waals surface area (Å²) >= 11 is 1.41. The number of hydrogen-bond acceptors (Lipinski definition) is 10. The second kappa shape index (κ2) is 20.9. The van der Waals surface area contributed by atoms with Crippen molar-refractivity contribution in [3.05, 3.63) is 0 Å². The van der Waals surface area contributed by atoms with Gasteiger partial charge in [-0.15, -0.1) is 0 Å². The van der Waals surface area contributed by atoms with Crippen LogP contribution in [0.1, 0.15) is 52.9 Å². The Morgan fingerprint density at radius 1 is 0.732 bits per heavy atom. The standard InChI is InChI=1S/C25H47N7O8S/c1-14(2)11-18(29-20(34)12-27)23(37)32-19(13-33)24(38)30-16(8-10-41-4)22(36)28-15(3)21(35)31-17(25(39)40)7-5-6-9-26/h14-19,33H,5-13,26-27H2,1-4H3,(H,28,36)(H,29,34)(H,30,38)(H,31,35)(H,32,37)(H,39,40)/t15-,16-,17-,18-,19-/m0/s1. The van der Waals surface area contributed by atoms with Gasteiger partial charge >= 0.3 is 5.97 Å². The quantitative estimate of drug-likeness (QED) is 0.0613. The lowest BCUT2D eigenvalue weighted by molar-refractivity contribution is -0.142. The number of aliphatic carboxylic acids is 1. The molecule has 41 heavy (non-hydrogen) atoms. The highest BCUT2D eigenvalue weighted by molar-refractivity contribution is 7.98. The van der Waals surface area contributed by atoms with E-state index >= 15 is 0 Å². The number of rotatable bonds is 21. The average Bonchev–Trinajstić information content (AvgIpc) is 2.91. The Morgan fingerprint density at radius 2 is 1.29 bits per heavy atom. The van der Waals surface area contributed by atoms with Gasteiger partial charge in [0.05, 0.1) is 13.2 Å². The summed E-state index contributed by atoms with van der Waals surface area (Å²) < 4.78 is 0. The Balaban J connectivity index is 5.41. The second-order valence-corrected chi connectivity index (χ2v) is 10.9. The van der Waals surface area contributed by atoms with E-state index in [9.17, 15) is 39.0 Å². The molecule has 0 saturated heterocycles. The molecule has 0 spiro atoms. The Bertz CT molecular complexity index is 877. The summed E-state index contributed by atoms with van der Waals surface area (Å²) in [6.45, 7) is 4.32. The first kappa shape index (κ1) is 38.0. The molecule has 0 saturated carbocycles. The number of carbonyl (C=O) groups is 6. The van der Waals surface area contributed by atoms with Gasteiger partial charge in [-0.05, 0) is 63.5 Å². The van der Waals surface area contributed by atoms with E-state index in [1.54, 1.807) is 6.26 Å². The molecular formula is C25H47N7O8S. The van der Waals surface area contributed by atoms with Gasteiger partial charge in [-0.2, -0.15) is 11.8 Å². The number of carboxylic acid groups (broad SMARTS) is 1. The van der Waals surface area contributed by atoms with Crippen LogP contribution in [0.25, 0.3) is 0 Å². The lowest BCUT2D eigenvalue weighted by Crippen LogP contribution is -2.59. The predicted octanol–water partition coefficient (Wildman–Crippen LogP) is -2.61. The molecule has 0 fully saturated rings. The smallest absolute Gasteiger partial charge is 0.326 e.